The Labute approximate surface area is 154 Å². The van der Waals surface area contributed by atoms with Crippen molar-refractivity contribution in [3.63, 3.8) is 0 Å². The normalized spacial score (nSPS) is 10.6. The number of nitrogens with zero attached hydrogens (tertiary/aromatic N) is 2. The first kappa shape index (κ1) is 17.4. The summed E-state index contributed by atoms with van der Waals surface area (Å²) in [5, 5.41) is 3.42. The molecule has 0 aliphatic heterocycles. The molecule has 25 heavy (non-hydrogen) atoms. The summed E-state index contributed by atoms with van der Waals surface area (Å²) >= 11 is 2.80. The second-order valence-corrected chi connectivity index (χ2v) is 7.56. The van der Waals surface area contributed by atoms with Gasteiger partial charge >= 0.3 is 0 Å². The number of nitrogens with one attached hydrogen (secondary N) is 1. The third-order valence-electron chi connectivity index (χ3n) is 3.50. The summed E-state index contributed by atoms with van der Waals surface area (Å²) in [4.78, 5) is 31.2. The van der Waals surface area contributed by atoms with Crippen LogP contribution in [0.25, 0.3) is 10.2 Å². The van der Waals surface area contributed by atoms with E-state index in [1.54, 1.807) is 20.2 Å². The monoisotopic (exact) mass is 371 g/mol. The van der Waals surface area contributed by atoms with Crippen molar-refractivity contribution in [2.75, 3.05) is 25.2 Å². The second kappa shape index (κ2) is 7.67. The quantitative estimate of drug-likeness (QED) is 0.694. The average molecular weight is 371 g/mol. The van der Waals surface area contributed by atoms with Gasteiger partial charge in [-0.15, -0.1) is 11.8 Å². The summed E-state index contributed by atoms with van der Waals surface area (Å²) in [6, 6.07) is 15.0. The molecule has 2 amide bonds. The molecule has 0 fully saturated rings. The van der Waals surface area contributed by atoms with Crippen LogP contribution >= 0.6 is 23.1 Å². The first-order chi connectivity index (χ1) is 12.0. The van der Waals surface area contributed by atoms with Gasteiger partial charge in [-0.25, -0.2) is 4.98 Å². The number of benzene rings is 2. The van der Waals surface area contributed by atoms with Gasteiger partial charge in [0.1, 0.15) is 0 Å². The molecule has 0 aliphatic carbocycles. The summed E-state index contributed by atoms with van der Waals surface area (Å²) in [6.07, 6.45) is 0. The number of hydrogen-bond acceptors (Lipinski definition) is 5. The predicted octanol–water partition coefficient (Wildman–Crippen LogP) is 3.73. The van der Waals surface area contributed by atoms with E-state index >= 15 is 0 Å². The van der Waals surface area contributed by atoms with E-state index < -0.39 is 0 Å². The fourth-order valence-corrected chi connectivity index (χ4v) is 4.03. The van der Waals surface area contributed by atoms with Gasteiger partial charge in [-0.1, -0.05) is 35.6 Å². The van der Waals surface area contributed by atoms with E-state index in [-0.39, 0.29) is 11.8 Å². The van der Waals surface area contributed by atoms with E-state index in [0.717, 1.165) is 15.1 Å². The van der Waals surface area contributed by atoms with Gasteiger partial charge in [0.15, 0.2) is 5.13 Å². The number of fused-ring (bicyclic) bond motifs is 1. The molecule has 5 nitrogen and oxygen atoms in total. The maximum Gasteiger partial charge on any atom is 0.258 e. The zero-order valence-corrected chi connectivity index (χ0v) is 15.5. The Morgan fingerprint density at radius 3 is 2.60 bits per heavy atom. The van der Waals surface area contributed by atoms with Crippen LogP contribution in [0, 0.1) is 0 Å². The molecule has 2 aromatic carbocycles. The van der Waals surface area contributed by atoms with Crippen molar-refractivity contribution in [3.8, 4) is 0 Å². The fourth-order valence-electron chi connectivity index (χ4n) is 2.14. The largest absolute Gasteiger partial charge is 0.348 e. The molecule has 1 aromatic heterocycles. The van der Waals surface area contributed by atoms with Crippen molar-refractivity contribution in [2.45, 2.75) is 4.90 Å². The number of carbonyl (C=O) groups excluding carboxylic acids is 2. The molecule has 1 N–H and O–H groups in total. The number of para-hydroxylation sites is 1. The van der Waals surface area contributed by atoms with Crippen LogP contribution in [0.1, 0.15) is 10.4 Å². The van der Waals surface area contributed by atoms with Crippen LogP contribution in [-0.4, -0.2) is 41.5 Å². The molecule has 0 atom stereocenters. The van der Waals surface area contributed by atoms with Crippen LogP contribution in [0.5, 0.6) is 0 Å². The zero-order chi connectivity index (χ0) is 17.8. The maximum atomic E-state index is 12.6. The highest BCUT2D eigenvalue weighted by Crippen LogP contribution is 2.27. The Kier molecular flexibility index (Phi) is 5.35. The molecule has 0 saturated carbocycles. The zero-order valence-electron chi connectivity index (χ0n) is 13.9. The number of thiazole rings is 1. The minimum absolute atomic E-state index is 0.00591. The molecule has 0 unspecified atom stereocenters. The number of aromatic nitrogens is 1. The summed E-state index contributed by atoms with van der Waals surface area (Å²) in [7, 11) is 3.43. The molecule has 1 heterocycles. The third-order valence-corrected chi connectivity index (χ3v) is 5.51. The molecule has 0 saturated heterocycles. The van der Waals surface area contributed by atoms with Crippen LogP contribution < -0.4 is 5.32 Å². The van der Waals surface area contributed by atoms with Crippen LogP contribution in [-0.2, 0) is 4.79 Å². The lowest BCUT2D eigenvalue weighted by Crippen LogP contribution is -2.23. The lowest BCUT2D eigenvalue weighted by molar-refractivity contribution is -0.125. The molecular weight excluding hydrogens is 354 g/mol. The SMILES string of the molecule is CN(C)C(=O)CSc1ccccc1C(=O)Nc1nc2ccccc2s1. The van der Waals surface area contributed by atoms with Crippen molar-refractivity contribution in [3.05, 3.63) is 54.1 Å². The Bertz CT molecular complexity index is 888. The van der Waals surface area contributed by atoms with Gasteiger partial charge in [-0.05, 0) is 24.3 Å². The molecule has 128 valence electrons. The van der Waals surface area contributed by atoms with Crippen molar-refractivity contribution in [1.82, 2.24) is 9.88 Å². The maximum absolute atomic E-state index is 12.6. The number of amides is 2. The Morgan fingerprint density at radius 1 is 1.12 bits per heavy atom. The number of anilines is 1. The van der Waals surface area contributed by atoms with E-state index in [1.165, 1.54) is 28.0 Å². The number of carbonyl (C=O) groups is 2. The average Bonchev–Trinajstić information content (AvgIpc) is 3.01. The molecule has 0 bridgehead atoms. The standard InChI is InChI=1S/C18H17N3O2S2/c1-21(2)16(22)11-24-14-9-5-3-7-12(14)17(23)20-18-19-13-8-4-6-10-15(13)25-18/h3-10H,11H2,1-2H3,(H,19,20,23). The van der Waals surface area contributed by atoms with Crippen LogP contribution in [0.15, 0.2) is 53.4 Å². The molecule has 7 heteroatoms. The van der Waals surface area contributed by atoms with Gasteiger partial charge in [-0.2, -0.15) is 0 Å². The fraction of sp³-hybridized carbons (Fsp3) is 0.167. The molecule has 3 aromatic rings. The minimum Gasteiger partial charge on any atom is -0.348 e. The van der Waals surface area contributed by atoms with Gasteiger partial charge < -0.3 is 4.90 Å². The van der Waals surface area contributed by atoms with E-state index in [1.807, 2.05) is 42.5 Å². The van der Waals surface area contributed by atoms with Crippen molar-refractivity contribution in [1.29, 1.82) is 0 Å². The van der Waals surface area contributed by atoms with Gasteiger partial charge in [0.05, 0.1) is 21.5 Å². The van der Waals surface area contributed by atoms with Gasteiger partial charge in [-0.3, -0.25) is 14.9 Å². The van der Waals surface area contributed by atoms with E-state index in [4.69, 9.17) is 0 Å². The van der Waals surface area contributed by atoms with Crippen molar-refractivity contribution < 1.29 is 9.59 Å². The minimum atomic E-state index is -0.223. The van der Waals surface area contributed by atoms with Crippen molar-refractivity contribution in [2.24, 2.45) is 0 Å². The highest BCUT2D eigenvalue weighted by atomic mass is 32.2. The number of thioether (sulfide) groups is 1. The molecular formula is C18H17N3O2S2. The summed E-state index contributed by atoms with van der Waals surface area (Å²) < 4.78 is 1.03. The molecule has 0 aliphatic rings. The Hall–Kier alpha value is -2.38. The Morgan fingerprint density at radius 2 is 1.84 bits per heavy atom. The smallest absolute Gasteiger partial charge is 0.258 e. The first-order valence-electron chi connectivity index (χ1n) is 7.63. The van der Waals surface area contributed by atoms with Crippen LogP contribution in [0.4, 0.5) is 5.13 Å². The van der Waals surface area contributed by atoms with Gasteiger partial charge in [0, 0.05) is 19.0 Å². The van der Waals surface area contributed by atoms with E-state index in [0.29, 0.717) is 16.4 Å². The first-order valence-corrected chi connectivity index (χ1v) is 9.43. The number of hydrogen-bond donors (Lipinski definition) is 1. The second-order valence-electron chi connectivity index (χ2n) is 5.51. The summed E-state index contributed by atoms with van der Waals surface area (Å²) in [6.45, 7) is 0. The van der Waals surface area contributed by atoms with Gasteiger partial charge in [0.25, 0.3) is 5.91 Å². The lowest BCUT2D eigenvalue weighted by Gasteiger charge is -2.11. The Balaban J connectivity index is 1.76. The third kappa shape index (κ3) is 4.18. The molecule has 3 rings (SSSR count). The summed E-state index contributed by atoms with van der Waals surface area (Å²) in [5.74, 6) is 0.0733. The van der Waals surface area contributed by atoms with Crippen molar-refractivity contribution >= 4 is 50.3 Å². The highest BCUT2D eigenvalue weighted by Gasteiger charge is 2.15. The van der Waals surface area contributed by atoms with E-state index in [9.17, 15) is 9.59 Å². The highest BCUT2D eigenvalue weighted by molar-refractivity contribution is 8.00. The number of rotatable bonds is 5. The topological polar surface area (TPSA) is 62.3 Å². The molecule has 0 spiro atoms. The van der Waals surface area contributed by atoms with E-state index in [2.05, 4.69) is 10.3 Å². The molecule has 0 radical (unpaired) electrons. The lowest BCUT2D eigenvalue weighted by atomic mass is 10.2. The predicted molar refractivity (Wildman–Crippen MR) is 103 cm³/mol. The van der Waals surface area contributed by atoms with Gasteiger partial charge in [0.2, 0.25) is 5.91 Å². The van der Waals surface area contributed by atoms with Crippen LogP contribution in [0.3, 0.4) is 0 Å². The summed E-state index contributed by atoms with van der Waals surface area (Å²) in [5.41, 5.74) is 1.40. The van der Waals surface area contributed by atoms with Crippen LogP contribution in [0.2, 0.25) is 0 Å².